The predicted molar refractivity (Wildman–Crippen MR) is 154 cm³/mol. The second-order valence-corrected chi connectivity index (χ2v) is 10.1. The number of rotatable bonds is 9. The minimum atomic E-state index is -0.296. The molecule has 5 aromatic rings. The lowest BCUT2D eigenvalue weighted by Crippen LogP contribution is -2.27. The number of carbonyl (C=O) groups excluding carboxylic acids is 2. The molecule has 0 aliphatic rings. The second-order valence-electron chi connectivity index (χ2n) is 9.73. The Morgan fingerprint density at radius 1 is 0.974 bits per heavy atom. The Labute approximate surface area is 232 Å². The summed E-state index contributed by atoms with van der Waals surface area (Å²) in [5.41, 5.74) is 6.00. The zero-order valence-corrected chi connectivity index (χ0v) is 23.0. The van der Waals surface area contributed by atoms with Crippen LogP contribution in [0.1, 0.15) is 56.7 Å². The van der Waals surface area contributed by atoms with E-state index in [1.165, 1.54) is 5.56 Å². The second kappa shape index (κ2) is 11.3. The molecule has 3 aromatic carbocycles. The van der Waals surface area contributed by atoms with Crippen LogP contribution in [0.5, 0.6) is 0 Å². The Balaban J connectivity index is 1.42. The molecule has 39 heavy (non-hydrogen) atoms. The average Bonchev–Trinajstić information content (AvgIpc) is 3.48. The van der Waals surface area contributed by atoms with Crippen molar-refractivity contribution in [1.82, 2.24) is 24.6 Å². The molecule has 0 saturated carbocycles. The number of carbonyl (C=O) groups is 2. The third-order valence-corrected chi connectivity index (χ3v) is 7.18. The quantitative estimate of drug-likeness (QED) is 0.224. The highest BCUT2D eigenvalue weighted by Gasteiger charge is 2.21. The van der Waals surface area contributed by atoms with Gasteiger partial charge in [-0.2, -0.15) is 5.10 Å². The number of fused-ring (bicyclic) bond motifs is 1. The summed E-state index contributed by atoms with van der Waals surface area (Å²) >= 11 is 6.51. The summed E-state index contributed by atoms with van der Waals surface area (Å²) in [6.45, 7) is 5.65. The van der Waals surface area contributed by atoms with Crippen LogP contribution in [0.2, 0.25) is 5.02 Å². The van der Waals surface area contributed by atoms with Gasteiger partial charge in [-0.25, -0.2) is 9.67 Å². The van der Waals surface area contributed by atoms with Crippen molar-refractivity contribution in [2.45, 2.75) is 46.7 Å². The topological polar surface area (TPSA) is 81.8 Å². The first-order valence-corrected chi connectivity index (χ1v) is 13.3. The first-order valence-electron chi connectivity index (χ1n) is 12.9. The van der Waals surface area contributed by atoms with E-state index in [1.807, 2.05) is 43.3 Å². The number of ketones is 1. The molecule has 0 aliphatic heterocycles. The smallest absolute Gasteiger partial charge is 0.254 e. The normalized spacial score (nSPS) is 11.2. The molecule has 1 N–H and O–H groups in total. The van der Waals surface area contributed by atoms with Gasteiger partial charge in [0, 0.05) is 16.6 Å². The molecular weight excluding hydrogens is 510 g/mol. The van der Waals surface area contributed by atoms with Crippen LogP contribution in [0.3, 0.4) is 0 Å². The summed E-state index contributed by atoms with van der Waals surface area (Å²) in [5, 5.41) is 8.55. The van der Waals surface area contributed by atoms with Crippen LogP contribution in [0.25, 0.3) is 16.6 Å². The van der Waals surface area contributed by atoms with Crippen molar-refractivity contribution in [2.24, 2.45) is 0 Å². The number of nitrogens with one attached hydrogen (secondary N) is 1. The molecule has 7 nitrogen and oxygen atoms in total. The van der Waals surface area contributed by atoms with E-state index in [0.717, 1.165) is 46.3 Å². The van der Waals surface area contributed by atoms with Crippen molar-refractivity contribution in [2.75, 3.05) is 0 Å². The Morgan fingerprint density at radius 2 is 1.77 bits per heavy atom. The predicted octanol–water partition coefficient (Wildman–Crippen LogP) is 6.26. The van der Waals surface area contributed by atoms with Crippen molar-refractivity contribution >= 4 is 34.2 Å². The molecule has 8 heteroatoms. The number of benzene rings is 3. The Kier molecular flexibility index (Phi) is 7.61. The van der Waals surface area contributed by atoms with Crippen molar-refractivity contribution in [3.63, 3.8) is 0 Å². The molecule has 0 aliphatic carbocycles. The van der Waals surface area contributed by atoms with Crippen molar-refractivity contribution < 1.29 is 9.59 Å². The highest BCUT2D eigenvalue weighted by Crippen LogP contribution is 2.29. The van der Waals surface area contributed by atoms with Crippen molar-refractivity contribution in [3.8, 4) is 5.69 Å². The minimum Gasteiger partial charge on any atom is -0.334 e. The van der Waals surface area contributed by atoms with Crippen LogP contribution in [0, 0.1) is 13.8 Å². The van der Waals surface area contributed by atoms with Gasteiger partial charge in [0.15, 0.2) is 5.78 Å². The number of hydrogen-bond donors (Lipinski definition) is 1. The fourth-order valence-corrected chi connectivity index (χ4v) is 5.27. The van der Waals surface area contributed by atoms with Gasteiger partial charge < -0.3 is 9.88 Å². The highest BCUT2D eigenvalue weighted by molar-refractivity contribution is 6.34. The fraction of sp³-hybridized carbons (Fsp3) is 0.226. The highest BCUT2D eigenvalue weighted by atomic mass is 35.5. The van der Waals surface area contributed by atoms with Crippen LogP contribution in [-0.4, -0.2) is 31.0 Å². The summed E-state index contributed by atoms with van der Waals surface area (Å²) in [4.78, 5) is 30.2. The van der Waals surface area contributed by atoms with E-state index in [4.69, 9.17) is 11.6 Å². The molecule has 5 rings (SSSR count). The summed E-state index contributed by atoms with van der Waals surface area (Å²) in [5.74, 6) is 0.369. The van der Waals surface area contributed by atoms with Gasteiger partial charge in [-0.15, -0.1) is 0 Å². The molecular formula is C31H30ClN5O2. The van der Waals surface area contributed by atoms with Gasteiger partial charge in [-0.05, 0) is 75.9 Å². The number of Topliss-reactive ketones (excluding diaryl/α,β-unsaturated/α-hetero) is 1. The third-order valence-electron chi connectivity index (χ3n) is 6.87. The van der Waals surface area contributed by atoms with Crippen molar-refractivity contribution in [1.29, 1.82) is 0 Å². The van der Waals surface area contributed by atoms with Crippen LogP contribution < -0.4 is 5.32 Å². The molecule has 2 aromatic heterocycles. The van der Waals surface area contributed by atoms with Gasteiger partial charge in [0.25, 0.3) is 5.91 Å². The lowest BCUT2D eigenvalue weighted by molar-refractivity contribution is 0.0942. The van der Waals surface area contributed by atoms with Gasteiger partial charge in [0.05, 0.1) is 28.5 Å². The summed E-state index contributed by atoms with van der Waals surface area (Å²) < 4.78 is 3.66. The lowest BCUT2D eigenvalue weighted by Gasteiger charge is -2.14. The molecule has 0 unspecified atom stereocenters. The number of aryl methyl sites for hydroxylation is 3. The van der Waals surface area contributed by atoms with Gasteiger partial charge >= 0.3 is 0 Å². The van der Waals surface area contributed by atoms with Gasteiger partial charge in [0.1, 0.15) is 12.2 Å². The maximum Gasteiger partial charge on any atom is 0.254 e. The minimum absolute atomic E-state index is 0.0207. The number of hydrogen-bond acceptors (Lipinski definition) is 4. The first kappa shape index (κ1) is 26.4. The van der Waals surface area contributed by atoms with E-state index >= 15 is 0 Å². The molecule has 0 bridgehead atoms. The molecule has 1 amide bonds. The molecule has 0 atom stereocenters. The average molecular weight is 540 g/mol. The zero-order valence-electron chi connectivity index (χ0n) is 22.2. The van der Waals surface area contributed by atoms with Gasteiger partial charge in [-0.1, -0.05) is 53.6 Å². The molecule has 0 spiro atoms. The molecule has 0 radical (unpaired) electrons. The van der Waals surface area contributed by atoms with Crippen LogP contribution in [0.4, 0.5) is 0 Å². The van der Waals surface area contributed by atoms with E-state index in [-0.39, 0.29) is 18.4 Å². The van der Waals surface area contributed by atoms with Crippen LogP contribution >= 0.6 is 11.6 Å². The first-order chi connectivity index (χ1) is 18.8. The maximum atomic E-state index is 13.2. The van der Waals surface area contributed by atoms with E-state index < -0.39 is 0 Å². The summed E-state index contributed by atoms with van der Waals surface area (Å²) in [6, 6.07) is 21.6. The monoisotopic (exact) mass is 539 g/mol. The molecule has 198 valence electrons. The molecule has 2 heterocycles. The Morgan fingerprint density at radius 3 is 2.46 bits per heavy atom. The maximum absolute atomic E-state index is 13.2. The standard InChI is InChI=1S/C31H30ClN5O2/c1-20-12-15-28-26(16-20)30(21(2)38)29(11-7-10-23-8-5-4-6-9-23)36(28)18-34-31(39)25-14-13-24(17-27(25)32)37-19-33-22(3)35-37/h4-6,8-9,12-17,19H,7,10-11,18H2,1-3H3,(H,34,39). The molecule has 0 fully saturated rings. The van der Waals surface area contributed by atoms with E-state index in [1.54, 1.807) is 43.1 Å². The number of halogens is 1. The third kappa shape index (κ3) is 5.64. The Bertz CT molecular complexity index is 1670. The fourth-order valence-electron chi connectivity index (χ4n) is 5.01. The largest absolute Gasteiger partial charge is 0.334 e. The Hall–Kier alpha value is -4.23. The summed E-state index contributed by atoms with van der Waals surface area (Å²) in [6.07, 6.45) is 4.09. The number of aromatic nitrogens is 4. The van der Waals surface area contributed by atoms with E-state index in [0.29, 0.717) is 22.8 Å². The molecule has 0 saturated heterocycles. The van der Waals surface area contributed by atoms with Crippen molar-refractivity contribution in [3.05, 3.63) is 112 Å². The van der Waals surface area contributed by atoms with E-state index in [9.17, 15) is 9.59 Å². The van der Waals surface area contributed by atoms with E-state index in [2.05, 4.69) is 32.1 Å². The number of nitrogens with zero attached hydrogens (tertiary/aromatic N) is 4. The zero-order chi connectivity index (χ0) is 27.5. The summed E-state index contributed by atoms with van der Waals surface area (Å²) in [7, 11) is 0. The van der Waals surface area contributed by atoms with Crippen LogP contribution in [0.15, 0.2) is 73.1 Å². The SMILES string of the molecule is CC(=O)c1c(CCCc2ccccc2)n(CNC(=O)c2ccc(-n3cnc(C)n3)cc2Cl)c2ccc(C)cc12. The lowest BCUT2D eigenvalue weighted by atomic mass is 10.0. The number of amides is 1. The van der Waals surface area contributed by atoms with Gasteiger partial charge in [0.2, 0.25) is 0 Å². The van der Waals surface area contributed by atoms with Gasteiger partial charge in [-0.3, -0.25) is 9.59 Å². The van der Waals surface area contributed by atoms with Crippen LogP contribution in [-0.2, 0) is 19.5 Å².